The largest absolute Gasteiger partial charge is 0.481 e. The summed E-state index contributed by atoms with van der Waals surface area (Å²) in [5.74, 6) is -1.85. The van der Waals surface area contributed by atoms with Crippen LogP contribution in [0.3, 0.4) is 0 Å². The summed E-state index contributed by atoms with van der Waals surface area (Å²) in [6.07, 6.45) is 1.16. The van der Waals surface area contributed by atoms with E-state index in [-0.39, 0.29) is 17.2 Å². The van der Waals surface area contributed by atoms with Crippen molar-refractivity contribution < 1.29 is 14.7 Å². The molecule has 1 fully saturated rings. The van der Waals surface area contributed by atoms with E-state index in [0.29, 0.717) is 19.4 Å². The van der Waals surface area contributed by atoms with Gasteiger partial charge >= 0.3 is 5.97 Å². The monoisotopic (exact) mass is 296 g/mol. The molecule has 1 heterocycles. The van der Waals surface area contributed by atoms with Crippen LogP contribution < -0.4 is 5.32 Å². The van der Waals surface area contributed by atoms with Gasteiger partial charge in [-0.25, -0.2) is 4.98 Å². The first-order valence-corrected chi connectivity index (χ1v) is 7.62. The first-order chi connectivity index (χ1) is 9.29. The molecule has 2 N–H and O–H groups in total. The SMILES string of the molecule is CC(C)(C)c1csc(CCNC(=O)[C@H]2C[C@H]2C(=O)O)n1. The molecule has 0 aliphatic heterocycles. The fourth-order valence-electron chi connectivity index (χ4n) is 1.95. The zero-order valence-electron chi connectivity index (χ0n) is 12.0. The Balaban J connectivity index is 1.75. The van der Waals surface area contributed by atoms with Crippen molar-refractivity contribution in [3.63, 3.8) is 0 Å². The molecule has 110 valence electrons. The lowest BCUT2D eigenvalue weighted by atomic mass is 9.93. The first kappa shape index (κ1) is 15.0. The van der Waals surface area contributed by atoms with E-state index in [2.05, 4.69) is 36.5 Å². The number of hydrogen-bond acceptors (Lipinski definition) is 4. The second-order valence-electron chi connectivity index (χ2n) is 6.20. The Morgan fingerprint density at radius 2 is 2.15 bits per heavy atom. The fourth-order valence-corrected chi connectivity index (χ4v) is 2.98. The van der Waals surface area contributed by atoms with Gasteiger partial charge in [0.2, 0.25) is 5.91 Å². The average Bonchev–Trinajstić information content (AvgIpc) is 3.00. The third kappa shape index (κ3) is 3.56. The molecule has 0 aromatic carbocycles. The summed E-state index contributed by atoms with van der Waals surface area (Å²) < 4.78 is 0. The minimum Gasteiger partial charge on any atom is -0.481 e. The van der Waals surface area contributed by atoms with E-state index in [1.54, 1.807) is 11.3 Å². The van der Waals surface area contributed by atoms with Crippen LogP contribution in [0.1, 0.15) is 37.9 Å². The van der Waals surface area contributed by atoms with Crippen LogP contribution in [0.4, 0.5) is 0 Å². The van der Waals surface area contributed by atoms with Crippen molar-refractivity contribution in [2.24, 2.45) is 11.8 Å². The number of amides is 1. The maximum absolute atomic E-state index is 11.7. The predicted octanol–water partition coefficient (Wildman–Crippen LogP) is 1.82. The molecule has 2 atom stereocenters. The summed E-state index contributed by atoms with van der Waals surface area (Å²) in [4.78, 5) is 26.9. The number of carbonyl (C=O) groups is 2. The van der Waals surface area contributed by atoms with Crippen LogP contribution in [0.25, 0.3) is 0 Å². The summed E-state index contributed by atoms with van der Waals surface area (Å²) in [5, 5.41) is 14.6. The summed E-state index contributed by atoms with van der Waals surface area (Å²) in [6, 6.07) is 0. The van der Waals surface area contributed by atoms with Gasteiger partial charge in [0.05, 0.1) is 22.5 Å². The van der Waals surface area contributed by atoms with Crippen LogP contribution >= 0.6 is 11.3 Å². The van der Waals surface area contributed by atoms with Crippen LogP contribution in [0.5, 0.6) is 0 Å². The molecule has 0 saturated heterocycles. The minimum atomic E-state index is -0.875. The second kappa shape index (κ2) is 5.52. The zero-order valence-corrected chi connectivity index (χ0v) is 12.8. The highest BCUT2D eigenvalue weighted by atomic mass is 32.1. The molecule has 0 unspecified atom stereocenters. The number of thiazole rings is 1. The second-order valence-corrected chi connectivity index (χ2v) is 7.15. The number of aromatic nitrogens is 1. The third-order valence-corrected chi connectivity index (χ3v) is 4.31. The first-order valence-electron chi connectivity index (χ1n) is 6.74. The molecule has 20 heavy (non-hydrogen) atoms. The molecule has 1 amide bonds. The standard InChI is InChI=1S/C14H20N2O3S/c1-14(2,3)10-7-20-11(16-10)4-5-15-12(17)8-6-9(8)13(18)19/h7-9H,4-6H2,1-3H3,(H,15,17)(H,18,19)/t8-,9+/m0/s1. The average molecular weight is 296 g/mol. The van der Waals surface area contributed by atoms with Crippen LogP contribution in [0.15, 0.2) is 5.38 Å². The van der Waals surface area contributed by atoms with Gasteiger partial charge in [-0.3, -0.25) is 9.59 Å². The highest BCUT2D eigenvalue weighted by molar-refractivity contribution is 7.09. The van der Waals surface area contributed by atoms with Crippen LogP contribution in [0.2, 0.25) is 0 Å². The van der Waals surface area contributed by atoms with Gasteiger partial charge in [0.25, 0.3) is 0 Å². The Morgan fingerprint density at radius 1 is 1.45 bits per heavy atom. The quantitative estimate of drug-likeness (QED) is 0.868. The Kier molecular flexibility index (Phi) is 4.13. The van der Waals surface area contributed by atoms with Crippen molar-refractivity contribution >= 4 is 23.2 Å². The summed E-state index contributed by atoms with van der Waals surface area (Å²) >= 11 is 1.60. The number of carboxylic acids is 1. The van der Waals surface area contributed by atoms with Gasteiger partial charge in [-0.05, 0) is 6.42 Å². The zero-order chi connectivity index (χ0) is 14.9. The van der Waals surface area contributed by atoms with E-state index in [4.69, 9.17) is 5.11 Å². The molecule has 1 aromatic rings. The smallest absolute Gasteiger partial charge is 0.307 e. The van der Waals surface area contributed by atoms with Gasteiger partial charge in [-0.2, -0.15) is 0 Å². The molecule has 0 radical (unpaired) electrons. The summed E-state index contributed by atoms with van der Waals surface area (Å²) in [6.45, 7) is 6.87. The van der Waals surface area contributed by atoms with Gasteiger partial charge in [-0.1, -0.05) is 20.8 Å². The number of carbonyl (C=O) groups excluding carboxylic acids is 1. The van der Waals surface area contributed by atoms with Gasteiger partial charge in [0.1, 0.15) is 0 Å². The van der Waals surface area contributed by atoms with E-state index >= 15 is 0 Å². The maximum Gasteiger partial charge on any atom is 0.307 e. The van der Waals surface area contributed by atoms with Crippen LogP contribution in [0, 0.1) is 11.8 Å². The molecular formula is C14H20N2O3S. The number of nitrogens with one attached hydrogen (secondary N) is 1. The topological polar surface area (TPSA) is 79.3 Å². The molecule has 2 rings (SSSR count). The molecule has 6 heteroatoms. The van der Waals surface area contributed by atoms with E-state index in [1.165, 1.54) is 0 Å². The number of aliphatic carboxylic acids is 1. The Morgan fingerprint density at radius 3 is 2.65 bits per heavy atom. The number of hydrogen-bond donors (Lipinski definition) is 2. The summed E-state index contributed by atoms with van der Waals surface area (Å²) in [7, 11) is 0. The molecule has 1 aromatic heterocycles. The van der Waals surface area contributed by atoms with E-state index in [0.717, 1.165) is 10.7 Å². The minimum absolute atomic E-state index is 0.0424. The number of carboxylic acid groups (broad SMARTS) is 1. The highest BCUT2D eigenvalue weighted by Gasteiger charge is 2.48. The van der Waals surface area contributed by atoms with Gasteiger partial charge in [0.15, 0.2) is 0 Å². The number of rotatable bonds is 5. The lowest BCUT2D eigenvalue weighted by molar-refractivity contribution is -0.140. The summed E-state index contributed by atoms with van der Waals surface area (Å²) in [5.41, 5.74) is 1.11. The highest BCUT2D eigenvalue weighted by Crippen LogP contribution is 2.38. The molecule has 1 aliphatic carbocycles. The van der Waals surface area contributed by atoms with Gasteiger partial charge in [0, 0.05) is 23.8 Å². The normalized spacial score (nSPS) is 21.6. The predicted molar refractivity (Wildman–Crippen MR) is 76.8 cm³/mol. The van der Waals surface area contributed by atoms with Crippen molar-refractivity contribution in [1.82, 2.24) is 10.3 Å². The Hall–Kier alpha value is -1.43. The van der Waals surface area contributed by atoms with E-state index in [9.17, 15) is 9.59 Å². The van der Waals surface area contributed by atoms with Crippen LogP contribution in [-0.2, 0) is 21.4 Å². The Bertz CT molecular complexity index is 519. The fraction of sp³-hybridized carbons (Fsp3) is 0.643. The maximum atomic E-state index is 11.7. The third-order valence-electron chi connectivity index (χ3n) is 3.40. The molecular weight excluding hydrogens is 276 g/mol. The van der Waals surface area contributed by atoms with Crippen molar-refractivity contribution in [1.29, 1.82) is 0 Å². The molecule has 0 bridgehead atoms. The van der Waals surface area contributed by atoms with Crippen molar-refractivity contribution in [3.05, 3.63) is 16.1 Å². The number of nitrogens with zero attached hydrogens (tertiary/aromatic N) is 1. The van der Waals surface area contributed by atoms with E-state index in [1.807, 2.05) is 0 Å². The molecule has 5 nitrogen and oxygen atoms in total. The molecule has 1 saturated carbocycles. The van der Waals surface area contributed by atoms with E-state index < -0.39 is 11.9 Å². The van der Waals surface area contributed by atoms with Gasteiger partial charge < -0.3 is 10.4 Å². The molecule has 1 aliphatic rings. The molecule has 0 spiro atoms. The lowest BCUT2D eigenvalue weighted by Gasteiger charge is -2.14. The Labute approximate surface area is 122 Å². The van der Waals surface area contributed by atoms with Crippen molar-refractivity contribution in [2.75, 3.05) is 6.54 Å². The van der Waals surface area contributed by atoms with Crippen molar-refractivity contribution in [3.8, 4) is 0 Å². The van der Waals surface area contributed by atoms with Crippen molar-refractivity contribution in [2.45, 2.75) is 39.0 Å². The van der Waals surface area contributed by atoms with Gasteiger partial charge in [-0.15, -0.1) is 11.3 Å². The lowest BCUT2D eigenvalue weighted by Crippen LogP contribution is -2.28. The van der Waals surface area contributed by atoms with Crippen LogP contribution in [-0.4, -0.2) is 28.5 Å².